The molecule has 0 aliphatic carbocycles. The molecule has 0 aromatic heterocycles. The average Bonchev–Trinajstić information content (AvgIpc) is 1.88. The summed E-state index contributed by atoms with van der Waals surface area (Å²) < 4.78 is -0.253. The summed E-state index contributed by atoms with van der Waals surface area (Å²) in [5, 5.41) is 2.75. The first-order chi connectivity index (χ1) is 4.68. The van der Waals surface area contributed by atoms with E-state index in [2.05, 4.69) is 44.1 Å². The lowest BCUT2D eigenvalue weighted by atomic mass is 10.3. The van der Waals surface area contributed by atoms with Gasteiger partial charge in [0.2, 0.25) is 5.91 Å². The van der Waals surface area contributed by atoms with Crippen LogP contribution in [0.2, 0.25) is 0 Å². The van der Waals surface area contributed by atoms with E-state index in [1.165, 1.54) is 0 Å². The molecule has 1 N–H and O–H groups in total. The van der Waals surface area contributed by atoms with Gasteiger partial charge in [-0.1, -0.05) is 45.2 Å². The fraction of sp³-hybridized carbons (Fsp3) is 0.833. The summed E-state index contributed by atoms with van der Waals surface area (Å²) in [5.41, 5.74) is 0. The summed E-state index contributed by atoms with van der Waals surface area (Å²) in [5.74, 6) is -0.00606. The molecular formula is C6H11Br2NO. The van der Waals surface area contributed by atoms with Crippen molar-refractivity contribution < 1.29 is 4.79 Å². The van der Waals surface area contributed by atoms with Crippen molar-refractivity contribution in [2.75, 3.05) is 6.54 Å². The smallest absolute Gasteiger partial charge is 0.244 e. The molecule has 0 saturated carbocycles. The molecule has 10 heavy (non-hydrogen) atoms. The van der Waals surface area contributed by atoms with Gasteiger partial charge in [0.25, 0.3) is 0 Å². The third kappa shape index (κ3) is 5.23. The molecule has 0 aromatic rings. The van der Waals surface area contributed by atoms with Crippen molar-refractivity contribution in [1.82, 2.24) is 5.32 Å². The molecule has 0 unspecified atom stereocenters. The second-order valence-corrected chi connectivity index (χ2v) is 5.01. The second kappa shape index (κ2) is 6.16. The zero-order valence-corrected chi connectivity index (χ0v) is 9.03. The van der Waals surface area contributed by atoms with Gasteiger partial charge in [-0.2, -0.15) is 0 Å². The number of carbonyl (C=O) groups excluding carboxylic acids is 1. The summed E-state index contributed by atoms with van der Waals surface area (Å²) in [6.45, 7) is 2.86. The number of halogens is 2. The number of nitrogens with one attached hydrogen (secondary N) is 1. The standard InChI is InChI=1S/C6H11Br2NO/c1-2-3-4-9-6(10)5(7)8/h5H,2-4H2,1H3,(H,9,10). The van der Waals surface area contributed by atoms with Crippen molar-refractivity contribution in [1.29, 1.82) is 0 Å². The van der Waals surface area contributed by atoms with E-state index < -0.39 is 0 Å². The van der Waals surface area contributed by atoms with Crippen LogP contribution < -0.4 is 5.32 Å². The Morgan fingerprint density at radius 3 is 2.60 bits per heavy atom. The zero-order valence-electron chi connectivity index (χ0n) is 5.86. The molecule has 4 heteroatoms. The normalized spacial score (nSPS) is 10.0. The molecule has 0 spiro atoms. The first-order valence-corrected chi connectivity index (χ1v) is 5.07. The van der Waals surface area contributed by atoms with Crippen LogP contribution in [0.25, 0.3) is 0 Å². The van der Waals surface area contributed by atoms with Crippen molar-refractivity contribution in [3.8, 4) is 0 Å². The van der Waals surface area contributed by atoms with Gasteiger partial charge in [0, 0.05) is 6.54 Å². The Kier molecular flexibility index (Phi) is 6.43. The highest BCUT2D eigenvalue weighted by Crippen LogP contribution is 2.06. The van der Waals surface area contributed by atoms with E-state index in [4.69, 9.17) is 0 Å². The molecule has 0 aliphatic rings. The van der Waals surface area contributed by atoms with E-state index in [0.29, 0.717) is 0 Å². The van der Waals surface area contributed by atoms with Crippen LogP contribution in [0.4, 0.5) is 0 Å². The summed E-state index contributed by atoms with van der Waals surface area (Å²) in [7, 11) is 0. The minimum atomic E-state index is -0.253. The lowest BCUT2D eigenvalue weighted by Gasteiger charge is -2.03. The van der Waals surface area contributed by atoms with Crippen LogP contribution in [-0.4, -0.2) is 16.2 Å². The maximum absolute atomic E-state index is 10.8. The van der Waals surface area contributed by atoms with Crippen LogP contribution in [0, 0.1) is 0 Å². The highest BCUT2D eigenvalue weighted by molar-refractivity contribution is 9.25. The van der Waals surface area contributed by atoms with Crippen molar-refractivity contribution in [2.45, 2.75) is 23.5 Å². The molecule has 60 valence electrons. The van der Waals surface area contributed by atoms with Crippen molar-refractivity contribution in [3.05, 3.63) is 0 Å². The number of carbonyl (C=O) groups is 1. The molecule has 0 aromatic carbocycles. The van der Waals surface area contributed by atoms with Gasteiger partial charge in [0.05, 0.1) is 0 Å². The Bertz CT molecular complexity index is 106. The Balaban J connectivity index is 3.22. The molecule has 0 bridgehead atoms. The summed E-state index contributed by atoms with van der Waals surface area (Å²) in [6.07, 6.45) is 2.15. The van der Waals surface area contributed by atoms with Gasteiger partial charge in [-0.05, 0) is 6.42 Å². The highest BCUT2D eigenvalue weighted by Gasteiger charge is 2.07. The predicted molar refractivity (Wildman–Crippen MR) is 49.6 cm³/mol. The number of alkyl halides is 2. The van der Waals surface area contributed by atoms with Gasteiger partial charge in [-0.15, -0.1) is 0 Å². The van der Waals surface area contributed by atoms with Crippen molar-refractivity contribution in [2.24, 2.45) is 0 Å². The van der Waals surface area contributed by atoms with Crippen LogP contribution in [0.5, 0.6) is 0 Å². The molecule has 0 atom stereocenters. The van der Waals surface area contributed by atoms with Crippen molar-refractivity contribution >= 4 is 37.8 Å². The zero-order chi connectivity index (χ0) is 7.98. The topological polar surface area (TPSA) is 29.1 Å². The predicted octanol–water partition coefficient (Wildman–Crippen LogP) is 2.02. The summed E-state index contributed by atoms with van der Waals surface area (Å²) in [6, 6.07) is 0. The number of hydrogen-bond acceptors (Lipinski definition) is 1. The number of amides is 1. The molecule has 0 aliphatic heterocycles. The lowest BCUT2D eigenvalue weighted by Crippen LogP contribution is -2.28. The van der Waals surface area contributed by atoms with E-state index >= 15 is 0 Å². The van der Waals surface area contributed by atoms with Crippen LogP contribution >= 0.6 is 31.9 Å². The fourth-order valence-electron chi connectivity index (χ4n) is 0.466. The first kappa shape index (κ1) is 10.4. The Morgan fingerprint density at radius 2 is 2.20 bits per heavy atom. The molecule has 0 fully saturated rings. The fourth-order valence-corrected chi connectivity index (χ4v) is 0.789. The molecule has 0 saturated heterocycles. The number of hydrogen-bond donors (Lipinski definition) is 1. The van der Waals surface area contributed by atoms with E-state index in [-0.39, 0.29) is 9.64 Å². The van der Waals surface area contributed by atoms with E-state index in [9.17, 15) is 4.79 Å². The molecule has 0 heterocycles. The van der Waals surface area contributed by atoms with Gasteiger partial charge in [0.1, 0.15) is 3.74 Å². The van der Waals surface area contributed by atoms with Crippen molar-refractivity contribution in [3.63, 3.8) is 0 Å². The van der Waals surface area contributed by atoms with Gasteiger partial charge in [-0.3, -0.25) is 4.79 Å². The van der Waals surface area contributed by atoms with Gasteiger partial charge < -0.3 is 5.32 Å². The van der Waals surface area contributed by atoms with Gasteiger partial charge in [-0.25, -0.2) is 0 Å². The SMILES string of the molecule is CCCCNC(=O)C(Br)Br. The minimum absolute atomic E-state index is 0.00606. The van der Waals surface area contributed by atoms with Crippen LogP contribution in [0.1, 0.15) is 19.8 Å². The molecule has 0 rings (SSSR count). The van der Waals surface area contributed by atoms with Crippen LogP contribution in [0.3, 0.4) is 0 Å². The second-order valence-electron chi connectivity index (χ2n) is 1.95. The average molecular weight is 273 g/mol. The van der Waals surface area contributed by atoms with E-state index in [1.807, 2.05) is 0 Å². The van der Waals surface area contributed by atoms with Gasteiger partial charge >= 0.3 is 0 Å². The highest BCUT2D eigenvalue weighted by atomic mass is 79.9. The van der Waals surface area contributed by atoms with E-state index in [0.717, 1.165) is 19.4 Å². The number of rotatable bonds is 4. The monoisotopic (exact) mass is 271 g/mol. The van der Waals surface area contributed by atoms with Crippen LogP contribution in [0.15, 0.2) is 0 Å². The minimum Gasteiger partial charge on any atom is -0.354 e. The molecule has 1 amide bonds. The molecule has 2 nitrogen and oxygen atoms in total. The Hall–Kier alpha value is 0.430. The Morgan fingerprint density at radius 1 is 1.60 bits per heavy atom. The molecule has 0 radical (unpaired) electrons. The number of unbranched alkanes of at least 4 members (excludes halogenated alkanes) is 1. The third-order valence-electron chi connectivity index (χ3n) is 1.03. The lowest BCUT2D eigenvalue weighted by molar-refractivity contribution is -0.118. The van der Waals surface area contributed by atoms with Gasteiger partial charge in [0.15, 0.2) is 0 Å². The molecular weight excluding hydrogens is 262 g/mol. The summed E-state index contributed by atoms with van der Waals surface area (Å²) in [4.78, 5) is 10.8. The summed E-state index contributed by atoms with van der Waals surface area (Å²) >= 11 is 6.19. The largest absolute Gasteiger partial charge is 0.354 e. The maximum atomic E-state index is 10.8. The van der Waals surface area contributed by atoms with E-state index in [1.54, 1.807) is 0 Å². The maximum Gasteiger partial charge on any atom is 0.244 e. The third-order valence-corrected chi connectivity index (χ3v) is 1.86. The Labute approximate surface area is 78.0 Å². The van der Waals surface area contributed by atoms with Crippen LogP contribution in [-0.2, 0) is 4.79 Å². The quantitative estimate of drug-likeness (QED) is 0.616. The first-order valence-electron chi connectivity index (χ1n) is 3.24.